The van der Waals surface area contributed by atoms with Gasteiger partial charge in [-0.05, 0) is 33.8 Å². The minimum atomic E-state index is 0.444. The largest absolute Gasteiger partial charge is 0.324 e. The molecule has 19 heavy (non-hydrogen) atoms. The Morgan fingerprint density at radius 2 is 1.95 bits per heavy atom. The second kappa shape index (κ2) is 5.88. The third-order valence-corrected chi connectivity index (χ3v) is 4.57. The van der Waals surface area contributed by atoms with Gasteiger partial charge in [-0.25, -0.2) is 4.98 Å². The molecule has 0 spiro atoms. The summed E-state index contributed by atoms with van der Waals surface area (Å²) in [5, 5.41) is 0. The van der Waals surface area contributed by atoms with Gasteiger partial charge in [0.05, 0.1) is 6.54 Å². The van der Waals surface area contributed by atoms with Gasteiger partial charge < -0.3 is 10.3 Å². The summed E-state index contributed by atoms with van der Waals surface area (Å²) in [5.74, 6) is 1.48. The zero-order valence-corrected chi connectivity index (χ0v) is 13.2. The number of hydrogen-bond acceptors (Lipinski definition) is 2. The highest BCUT2D eigenvalue weighted by molar-refractivity contribution is 9.10. The Labute approximate surface area is 123 Å². The van der Waals surface area contributed by atoms with Crippen LogP contribution in [0.2, 0.25) is 0 Å². The van der Waals surface area contributed by atoms with Gasteiger partial charge in [-0.1, -0.05) is 38.1 Å². The number of benzene rings is 1. The first-order chi connectivity index (χ1) is 9.08. The Morgan fingerprint density at radius 1 is 1.32 bits per heavy atom. The van der Waals surface area contributed by atoms with Crippen LogP contribution in [0.3, 0.4) is 0 Å². The molecule has 1 atom stereocenters. The summed E-state index contributed by atoms with van der Waals surface area (Å²) in [6, 6.07) is 8.64. The first-order valence-corrected chi connectivity index (χ1v) is 7.39. The van der Waals surface area contributed by atoms with Crippen LogP contribution >= 0.6 is 15.9 Å². The molecule has 1 heterocycles. The molecule has 1 aromatic heterocycles. The number of imidazole rings is 1. The van der Waals surface area contributed by atoms with Crippen LogP contribution in [0.4, 0.5) is 0 Å². The maximum atomic E-state index is 5.69. The molecular formula is C15H20BrN3. The van der Waals surface area contributed by atoms with E-state index in [1.54, 1.807) is 0 Å². The molecule has 0 amide bonds. The molecule has 2 N–H and O–H groups in total. The second-order valence-corrected chi connectivity index (χ2v) is 5.61. The van der Waals surface area contributed by atoms with Gasteiger partial charge in [0.15, 0.2) is 0 Å². The van der Waals surface area contributed by atoms with Crippen LogP contribution in [0, 0.1) is 0 Å². The van der Waals surface area contributed by atoms with E-state index in [4.69, 9.17) is 5.73 Å². The van der Waals surface area contributed by atoms with Crippen molar-refractivity contribution < 1.29 is 0 Å². The molecule has 1 aromatic carbocycles. The quantitative estimate of drug-likeness (QED) is 0.930. The van der Waals surface area contributed by atoms with Crippen molar-refractivity contribution in [3.8, 4) is 11.3 Å². The molecule has 0 aliphatic heterocycles. The Balaban J connectivity index is 2.37. The lowest BCUT2D eigenvalue weighted by molar-refractivity contribution is 0.734. The molecule has 3 nitrogen and oxygen atoms in total. The molecule has 0 aliphatic rings. The molecule has 1 unspecified atom stereocenters. The standard InChI is InChI=1S/C15H20BrN3/c1-4-10(2)11-5-7-12(8-6-11)14-15(16)19(3)13(9-17)18-14/h5-8,10H,4,9,17H2,1-3H3. The van der Waals surface area contributed by atoms with Crippen LogP contribution in [0.25, 0.3) is 11.3 Å². The number of aromatic nitrogens is 2. The third-order valence-electron chi connectivity index (χ3n) is 3.67. The molecule has 0 saturated heterocycles. The number of rotatable bonds is 4. The van der Waals surface area contributed by atoms with Crippen molar-refractivity contribution in [3.63, 3.8) is 0 Å². The average Bonchev–Trinajstić information content (AvgIpc) is 2.74. The van der Waals surface area contributed by atoms with Gasteiger partial charge in [0.25, 0.3) is 0 Å². The smallest absolute Gasteiger partial charge is 0.123 e. The average molecular weight is 322 g/mol. The van der Waals surface area contributed by atoms with E-state index in [0.29, 0.717) is 12.5 Å². The van der Waals surface area contributed by atoms with E-state index in [9.17, 15) is 0 Å². The number of nitrogens with zero attached hydrogens (tertiary/aromatic N) is 2. The third kappa shape index (κ3) is 2.74. The minimum absolute atomic E-state index is 0.444. The maximum absolute atomic E-state index is 5.69. The fourth-order valence-electron chi connectivity index (χ4n) is 2.09. The molecule has 2 aromatic rings. The van der Waals surface area contributed by atoms with Crippen molar-refractivity contribution >= 4 is 15.9 Å². The van der Waals surface area contributed by atoms with Gasteiger partial charge >= 0.3 is 0 Å². The Hall–Kier alpha value is -1.13. The monoisotopic (exact) mass is 321 g/mol. The van der Waals surface area contributed by atoms with E-state index in [0.717, 1.165) is 28.1 Å². The molecule has 0 fully saturated rings. The van der Waals surface area contributed by atoms with Gasteiger partial charge in [-0.2, -0.15) is 0 Å². The van der Waals surface area contributed by atoms with Gasteiger partial charge in [0.1, 0.15) is 16.1 Å². The molecule has 102 valence electrons. The Morgan fingerprint density at radius 3 is 2.42 bits per heavy atom. The van der Waals surface area contributed by atoms with Crippen molar-refractivity contribution in [2.45, 2.75) is 32.7 Å². The highest BCUT2D eigenvalue weighted by Gasteiger charge is 2.13. The van der Waals surface area contributed by atoms with Crippen molar-refractivity contribution in [1.82, 2.24) is 9.55 Å². The number of hydrogen-bond donors (Lipinski definition) is 1. The van der Waals surface area contributed by atoms with Crippen LogP contribution < -0.4 is 5.73 Å². The van der Waals surface area contributed by atoms with Gasteiger partial charge in [0.2, 0.25) is 0 Å². The van der Waals surface area contributed by atoms with Crippen molar-refractivity contribution in [2.24, 2.45) is 12.8 Å². The lowest BCUT2D eigenvalue weighted by Gasteiger charge is -2.09. The maximum Gasteiger partial charge on any atom is 0.123 e. The normalized spacial score (nSPS) is 12.7. The SMILES string of the molecule is CCC(C)c1ccc(-c2nc(CN)n(C)c2Br)cc1. The van der Waals surface area contributed by atoms with E-state index >= 15 is 0 Å². The zero-order chi connectivity index (χ0) is 14.0. The van der Waals surface area contributed by atoms with Crippen LogP contribution in [-0.4, -0.2) is 9.55 Å². The Kier molecular flexibility index (Phi) is 4.42. The summed E-state index contributed by atoms with van der Waals surface area (Å²) >= 11 is 3.58. The van der Waals surface area contributed by atoms with Gasteiger partial charge in [-0.15, -0.1) is 0 Å². The van der Waals surface area contributed by atoms with Crippen LogP contribution in [0.5, 0.6) is 0 Å². The first-order valence-electron chi connectivity index (χ1n) is 6.60. The van der Waals surface area contributed by atoms with E-state index < -0.39 is 0 Å². The lowest BCUT2D eigenvalue weighted by Crippen LogP contribution is -2.04. The molecule has 0 radical (unpaired) electrons. The first kappa shape index (κ1) is 14.3. The summed E-state index contributed by atoms with van der Waals surface area (Å²) in [4.78, 5) is 4.58. The summed E-state index contributed by atoms with van der Waals surface area (Å²) in [6.45, 7) is 4.90. The van der Waals surface area contributed by atoms with Crippen molar-refractivity contribution in [3.05, 3.63) is 40.3 Å². The number of nitrogens with two attached hydrogens (primary N) is 1. The fraction of sp³-hybridized carbons (Fsp3) is 0.400. The molecular weight excluding hydrogens is 302 g/mol. The van der Waals surface area contributed by atoms with E-state index in [2.05, 4.69) is 59.0 Å². The molecule has 0 bridgehead atoms. The predicted molar refractivity (Wildman–Crippen MR) is 82.9 cm³/mol. The predicted octanol–water partition coefficient (Wildman–Crippen LogP) is 3.82. The van der Waals surface area contributed by atoms with Gasteiger partial charge in [0, 0.05) is 12.6 Å². The summed E-state index contributed by atoms with van der Waals surface area (Å²) in [5.41, 5.74) is 9.14. The minimum Gasteiger partial charge on any atom is -0.324 e. The van der Waals surface area contributed by atoms with Crippen molar-refractivity contribution in [2.75, 3.05) is 0 Å². The summed E-state index contributed by atoms with van der Waals surface area (Å²) in [7, 11) is 1.97. The Bertz CT molecular complexity index is 558. The van der Waals surface area contributed by atoms with E-state index in [-0.39, 0.29) is 0 Å². The highest BCUT2D eigenvalue weighted by atomic mass is 79.9. The topological polar surface area (TPSA) is 43.8 Å². The zero-order valence-electron chi connectivity index (χ0n) is 11.7. The number of halogens is 1. The molecule has 0 saturated carbocycles. The summed E-state index contributed by atoms with van der Waals surface area (Å²) < 4.78 is 2.96. The van der Waals surface area contributed by atoms with Crippen molar-refractivity contribution in [1.29, 1.82) is 0 Å². The van der Waals surface area contributed by atoms with E-state index in [1.807, 2.05) is 11.6 Å². The lowest BCUT2D eigenvalue weighted by atomic mass is 9.97. The van der Waals surface area contributed by atoms with E-state index in [1.165, 1.54) is 5.56 Å². The van der Waals surface area contributed by atoms with Gasteiger partial charge in [-0.3, -0.25) is 0 Å². The highest BCUT2D eigenvalue weighted by Crippen LogP contribution is 2.29. The van der Waals surface area contributed by atoms with Crippen LogP contribution in [0.15, 0.2) is 28.9 Å². The second-order valence-electron chi connectivity index (χ2n) is 4.86. The summed E-state index contributed by atoms with van der Waals surface area (Å²) in [6.07, 6.45) is 1.16. The fourth-order valence-corrected chi connectivity index (χ4v) is 2.62. The van der Waals surface area contributed by atoms with Crippen LogP contribution in [0.1, 0.15) is 37.6 Å². The molecule has 2 rings (SSSR count). The molecule has 0 aliphatic carbocycles. The molecule has 4 heteroatoms. The van der Waals surface area contributed by atoms with Crippen LogP contribution in [-0.2, 0) is 13.6 Å².